The first-order chi connectivity index (χ1) is 17.3. The molecule has 4 aromatic rings. The molecule has 0 saturated heterocycles. The first kappa shape index (κ1) is 24.0. The summed E-state index contributed by atoms with van der Waals surface area (Å²) in [6, 6.07) is 8.03. The number of amides is 1. The average molecular weight is 510 g/mol. The number of benzene rings is 1. The van der Waals surface area contributed by atoms with Gasteiger partial charge in [0.15, 0.2) is 11.4 Å². The lowest BCUT2D eigenvalue weighted by atomic mass is 9.97. The van der Waals surface area contributed by atoms with E-state index in [-0.39, 0.29) is 17.1 Å². The molecule has 0 unspecified atom stereocenters. The van der Waals surface area contributed by atoms with Crippen LogP contribution >= 0.6 is 11.6 Å². The molecule has 1 aromatic carbocycles. The molecule has 2 N–H and O–H groups in total. The lowest BCUT2D eigenvalue weighted by molar-refractivity contribution is 0.0940. The van der Waals surface area contributed by atoms with Crippen molar-refractivity contribution in [3.8, 4) is 5.75 Å². The minimum absolute atomic E-state index is 0.0137. The third-order valence-corrected chi connectivity index (χ3v) is 7.15. The summed E-state index contributed by atoms with van der Waals surface area (Å²) < 4.78 is 17.1. The van der Waals surface area contributed by atoms with E-state index >= 15 is 0 Å². The van der Waals surface area contributed by atoms with Gasteiger partial charge in [-0.2, -0.15) is 5.10 Å². The van der Waals surface area contributed by atoms with Gasteiger partial charge >= 0.3 is 0 Å². The highest BCUT2D eigenvalue weighted by molar-refractivity contribution is 6.30. The number of nitrogens with zero attached hydrogens (tertiary/aromatic N) is 4. The Bertz CT molecular complexity index is 1520. The van der Waals surface area contributed by atoms with Gasteiger partial charge in [0.1, 0.15) is 11.5 Å². The van der Waals surface area contributed by atoms with E-state index in [0.29, 0.717) is 12.1 Å². The zero-order valence-electron chi connectivity index (χ0n) is 19.7. The van der Waals surface area contributed by atoms with E-state index in [2.05, 4.69) is 26.2 Å². The van der Waals surface area contributed by atoms with Crippen molar-refractivity contribution in [1.82, 2.24) is 24.6 Å². The van der Waals surface area contributed by atoms with Crippen molar-refractivity contribution in [2.24, 2.45) is 0 Å². The molecule has 1 saturated carbocycles. The number of carbonyl (C=O) groups excluding carboxylic acids is 1. The maximum absolute atomic E-state index is 13.4. The number of fused-ring (bicyclic) bond motifs is 1. The van der Waals surface area contributed by atoms with Gasteiger partial charge in [0.05, 0.1) is 23.3 Å². The van der Waals surface area contributed by atoms with E-state index in [1.54, 1.807) is 6.20 Å². The van der Waals surface area contributed by atoms with Gasteiger partial charge in [-0.1, -0.05) is 30.5 Å². The van der Waals surface area contributed by atoms with Crippen LogP contribution < -0.4 is 10.7 Å². The van der Waals surface area contributed by atoms with Crippen molar-refractivity contribution < 1.29 is 14.3 Å². The van der Waals surface area contributed by atoms with Gasteiger partial charge in [0.2, 0.25) is 0 Å². The number of halogens is 2. The monoisotopic (exact) mass is 509 g/mol. The Kier molecular flexibility index (Phi) is 6.26. The summed E-state index contributed by atoms with van der Waals surface area (Å²) in [5.41, 5.74) is 0.906. The Morgan fingerprint density at radius 3 is 2.78 bits per heavy atom. The molecular formula is C26H25ClFN5O3. The van der Waals surface area contributed by atoms with Crippen LogP contribution in [0.3, 0.4) is 0 Å². The molecule has 0 aliphatic heterocycles. The van der Waals surface area contributed by atoms with E-state index in [1.807, 2.05) is 19.1 Å². The predicted octanol–water partition coefficient (Wildman–Crippen LogP) is 4.30. The van der Waals surface area contributed by atoms with Crippen LogP contribution in [0, 0.1) is 12.7 Å². The molecule has 1 aliphatic carbocycles. The van der Waals surface area contributed by atoms with Crippen LogP contribution in [0.4, 0.5) is 4.39 Å². The third-order valence-electron chi connectivity index (χ3n) is 6.86. The number of aromatic hydroxyl groups is 1. The topological polar surface area (TPSA) is 102 Å². The minimum atomic E-state index is -0.856. The highest BCUT2D eigenvalue weighted by Gasteiger charge is 2.38. The molecule has 8 nitrogen and oxygen atoms in total. The molecule has 0 bridgehead atoms. The van der Waals surface area contributed by atoms with Crippen molar-refractivity contribution in [3.63, 3.8) is 0 Å². The van der Waals surface area contributed by atoms with Gasteiger partial charge in [-0.3, -0.25) is 14.3 Å². The van der Waals surface area contributed by atoms with E-state index < -0.39 is 28.6 Å². The number of rotatable bonds is 6. The van der Waals surface area contributed by atoms with Crippen LogP contribution in [0.2, 0.25) is 5.02 Å². The van der Waals surface area contributed by atoms with Crippen molar-refractivity contribution in [3.05, 3.63) is 86.8 Å². The number of carbonyl (C=O) groups is 1. The van der Waals surface area contributed by atoms with Crippen LogP contribution in [0.15, 0.2) is 53.7 Å². The average Bonchev–Trinajstić information content (AvgIpc) is 3.47. The fraction of sp³-hybridized carbons (Fsp3) is 0.308. The molecule has 0 spiro atoms. The van der Waals surface area contributed by atoms with Gasteiger partial charge in [0.25, 0.3) is 11.3 Å². The molecule has 186 valence electrons. The van der Waals surface area contributed by atoms with E-state index in [4.69, 9.17) is 11.6 Å². The number of hydrogen-bond acceptors (Lipinski definition) is 5. The number of nitrogens with one attached hydrogen (secondary N) is 1. The maximum atomic E-state index is 13.4. The Labute approximate surface area is 211 Å². The van der Waals surface area contributed by atoms with E-state index in [1.165, 1.54) is 29.1 Å². The zero-order valence-corrected chi connectivity index (χ0v) is 20.4. The van der Waals surface area contributed by atoms with Gasteiger partial charge in [0, 0.05) is 24.3 Å². The molecule has 5 rings (SSSR count). The van der Waals surface area contributed by atoms with Gasteiger partial charge < -0.3 is 15.0 Å². The largest absolute Gasteiger partial charge is 0.503 e. The second kappa shape index (κ2) is 9.39. The molecular weight excluding hydrogens is 485 g/mol. The smallest absolute Gasteiger partial charge is 0.276 e. The summed E-state index contributed by atoms with van der Waals surface area (Å²) in [4.78, 5) is 30.0. The zero-order chi connectivity index (χ0) is 25.4. The second-order valence-corrected chi connectivity index (χ2v) is 9.72. The molecule has 3 heterocycles. The van der Waals surface area contributed by atoms with Gasteiger partial charge in [-0.25, -0.2) is 9.37 Å². The first-order valence-electron chi connectivity index (χ1n) is 11.7. The quantitative estimate of drug-likeness (QED) is 0.403. The highest BCUT2D eigenvalue weighted by Crippen LogP contribution is 2.40. The Hall–Kier alpha value is -3.72. The Morgan fingerprint density at radius 1 is 1.25 bits per heavy atom. The standard InChI is InChI=1S/C26H25ClFN5O3/c1-16-13-33(24-18(16)5-4-10-29-24)26(8-2-3-9-26)15-32-14-21(34)23(35)22(31-32)25(36)30-12-17-6-7-20(28)19(27)11-17/h4-7,10-11,13-14,34H,2-3,8-9,12,15H2,1H3,(H,30,36). The van der Waals surface area contributed by atoms with Crippen LogP contribution in [0.5, 0.6) is 5.75 Å². The van der Waals surface area contributed by atoms with Crippen molar-refractivity contribution in [2.75, 3.05) is 0 Å². The van der Waals surface area contributed by atoms with Crippen LogP contribution in [-0.2, 0) is 18.6 Å². The predicted molar refractivity (Wildman–Crippen MR) is 134 cm³/mol. The maximum Gasteiger partial charge on any atom is 0.276 e. The van der Waals surface area contributed by atoms with Crippen molar-refractivity contribution >= 4 is 28.5 Å². The first-order valence-corrected chi connectivity index (χ1v) is 12.1. The van der Waals surface area contributed by atoms with Crippen molar-refractivity contribution in [2.45, 2.75) is 51.2 Å². The minimum Gasteiger partial charge on any atom is -0.503 e. The van der Waals surface area contributed by atoms with Gasteiger partial charge in [-0.05, 0) is 55.2 Å². The normalized spacial score (nSPS) is 14.9. The highest BCUT2D eigenvalue weighted by atomic mass is 35.5. The Morgan fingerprint density at radius 2 is 2.03 bits per heavy atom. The summed E-state index contributed by atoms with van der Waals surface area (Å²) in [7, 11) is 0. The lowest BCUT2D eigenvalue weighted by Gasteiger charge is -2.32. The van der Waals surface area contributed by atoms with E-state index in [0.717, 1.165) is 42.3 Å². The summed E-state index contributed by atoms with van der Waals surface area (Å²) in [6.07, 6.45) is 8.90. The number of hydrogen-bond donors (Lipinski definition) is 2. The van der Waals surface area contributed by atoms with Crippen molar-refractivity contribution in [1.29, 1.82) is 0 Å². The SMILES string of the molecule is Cc1cn(C2(Cn3cc(O)c(=O)c(C(=O)NCc4ccc(F)c(Cl)c4)n3)CCCC2)c2ncccc12. The fourth-order valence-electron chi connectivity index (χ4n) is 5.06. The summed E-state index contributed by atoms with van der Waals surface area (Å²) in [5, 5.41) is 18.3. The van der Waals surface area contributed by atoms with Crippen LogP contribution in [0.1, 0.15) is 47.3 Å². The fourth-order valence-corrected chi connectivity index (χ4v) is 5.26. The molecule has 36 heavy (non-hydrogen) atoms. The molecule has 1 amide bonds. The number of aromatic nitrogens is 4. The third kappa shape index (κ3) is 4.35. The number of pyridine rings is 1. The molecule has 0 radical (unpaired) electrons. The Balaban J connectivity index is 1.45. The van der Waals surface area contributed by atoms with Crippen LogP contribution in [0.25, 0.3) is 11.0 Å². The molecule has 3 aromatic heterocycles. The molecule has 1 aliphatic rings. The lowest BCUT2D eigenvalue weighted by Crippen LogP contribution is -2.38. The molecule has 1 fully saturated rings. The van der Waals surface area contributed by atoms with Gasteiger partial charge in [-0.15, -0.1) is 0 Å². The van der Waals surface area contributed by atoms with Crippen LogP contribution in [-0.4, -0.2) is 30.3 Å². The summed E-state index contributed by atoms with van der Waals surface area (Å²) in [6.45, 7) is 2.41. The summed E-state index contributed by atoms with van der Waals surface area (Å²) >= 11 is 5.80. The molecule has 0 atom stereocenters. The molecule has 10 heteroatoms. The number of aryl methyl sites for hydroxylation is 1. The summed E-state index contributed by atoms with van der Waals surface area (Å²) in [5.74, 6) is -1.86. The second-order valence-electron chi connectivity index (χ2n) is 9.31. The van der Waals surface area contributed by atoms with E-state index in [9.17, 15) is 19.1 Å².